The molecule has 1 amide bonds. The first-order valence-electron chi connectivity index (χ1n) is 7.19. The molecular formula is C17H16ClFN2O. The molecule has 1 aliphatic rings. The normalized spacial score (nSPS) is 15.0. The van der Waals surface area contributed by atoms with E-state index in [-0.39, 0.29) is 11.7 Å². The summed E-state index contributed by atoms with van der Waals surface area (Å²) in [5.74, 6) is -0.236. The minimum Gasteiger partial charge on any atom is -0.368 e. The quantitative estimate of drug-likeness (QED) is 0.847. The summed E-state index contributed by atoms with van der Waals surface area (Å²) in [4.78, 5) is 16.4. The second-order valence-electron chi connectivity index (χ2n) is 5.27. The molecule has 1 fully saturated rings. The number of rotatable bonds is 2. The van der Waals surface area contributed by atoms with E-state index in [0.717, 1.165) is 18.8 Å². The van der Waals surface area contributed by atoms with E-state index in [1.54, 1.807) is 36.4 Å². The van der Waals surface area contributed by atoms with Crippen molar-refractivity contribution in [1.82, 2.24) is 4.90 Å². The molecule has 0 N–H and O–H groups in total. The lowest BCUT2D eigenvalue weighted by molar-refractivity contribution is 0.0747. The van der Waals surface area contributed by atoms with E-state index in [9.17, 15) is 9.18 Å². The number of amides is 1. The lowest BCUT2D eigenvalue weighted by atomic mass is 10.1. The molecule has 0 saturated carbocycles. The van der Waals surface area contributed by atoms with Gasteiger partial charge in [-0.3, -0.25) is 4.79 Å². The van der Waals surface area contributed by atoms with Gasteiger partial charge < -0.3 is 9.80 Å². The molecule has 3 rings (SSSR count). The summed E-state index contributed by atoms with van der Waals surface area (Å²) >= 11 is 5.93. The molecule has 1 aliphatic heterocycles. The molecule has 0 spiro atoms. The van der Waals surface area contributed by atoms with Crippen molar-refractivity contribution in [2.75, 3.05) is 31.1 Å². The maximum atomic E-state index is 13.0. The third kappa shape index (κ3) is 3.22. The van der Waals surface area contributed by atoms with Crippen molar-refractivity contribution in [3.05, 3.63) is 64.9 Å². The average molecular weight is 319 g/mol. The number of benzene rings is 2. The fraction of sp³-hybridized carbons (Fsp3) is 0.235. The van der Waals surface area contributed by atoms with Gasteiger partial charge in [0, 0.05) is 42.5 Å². The summed E-state index contributed by atoms with van der Waals surface area (Å²) in [5.41, 5.74) is 1.60. The second-order valence-corrected chi connectivity index (χ2v) is 5.70. The van der Waals surface area contributed by atoms with Crippen molar-refractivity contribution >= 4 is 23.2 Å². The van der Waals surface area contributed by atoms with E-state index in [1.807, 2.05) is 4.90 Å². The molecule has 5 heteroatoms. The molecule has 1 heterocycles. The molecule has 1 saturated heterocycles. The van der Waals surface area contributed by atoms with Gasteiger partial charge in [0.15, 0.2) is 0 Å². The first-order valence-corrected chi connectivity index (χ1v) is 7.56. The summed E-state index contributed by atoms with van der Waals surface area (Å²) in [6.07, 6.45) is 0. The maximum absolute atomic E-state index is 13.0. The minimum absolute atomic E-state index is 0.00116. The molecule has 3 nitrogen and oxygen atoms in total. The molecule has 22 heavy (non-hydrogen) atoms. The lowest BCUT2D eigenvalue weighted by Crippen LogP contribution is -2.48. The van der Waals surface area contributed by atoms with Gasteiger partial charge in [-0.1, -0.05) is 17.7 Å². The molecule has 0 aromatic heterocycles. The van der Waals surface area contributed by atoms with E-state index >= 15 is 0 Å². The van der Waals surface area contributed by atoms with Crippen LogP contribution in [0.1, 0.15) is 10.4 Å². The number of carbonyl (C=O) groups excluding carboxylic acids is 1. The third-order valence-corrected chi connectivity index (χ3v) is 4.07. The highest BCUT2D eigenvalue weighted by Gasteiger charge is 2.22. The number of nitrogens with zero attached hydrogens (tertiary/aromatic N) is 2. The minimum atomic E-state index is -0.237. The Morgan fingerprint density at radius 3 is 2.32 bits per heavy atom. The standard InChI is InChI=1S/C17H16ClFN2O/c18-14-3-1-2-13(12-14)17(22)21-10-8-20(9-11-21)16-6-4-15(19)5-7-16/h1-7,12H,8-11H2. The van der Waals surface area contributed by atoms with E-state index in [2.05, 4.69) is 4.90 Å². The summed E-state index contributed by atoms with van der Waals surface area (Å²) < 4.78 is 13.0. The SMILES string of the molecule is O=C(c1cccc(Cl)c1)N1CCN(c2ccc(F)cc2)CC1. The van der Waals surface area contributed by atoms with Crippen LogP contribution >= 0.6 is 11.6 Å². The smallest absolute Gasteiger partial charge is 0.254 e. The van der Waals surface area contributed by atoms with Crippen molar-refractivity contribution < 1.29 is 9.18 Å². The highest BCUT2D eigenvalue weighted by Crippen LogP contribution is 2.18. The summed E-state index contributed by atoms with van der Waals surface area (Å²) in [6.45, 7) is 2.75. The number of hydrogen-bond acceptors (Lipinski definition) is 2. The topological polar surface area (TPSA) is 23.6 Å². The van der Waals surface area contributed by atoms with Crippen LogP contribution in [0.5, 0.6) is 0 Å². The van der Waals surface area contributed by atoms with Gasteiger partial charge in [0.05, 0.1) is 0 Å². The molecule has 0 atom stereocenters. The van der Waals surface area contributed by atoms with Gasteiger partial charge in [-0.2, -0.15) is 0 Å². The van der Waals surface area contributed by atoms with Crippen molar-refractivity contribution in [2.45, 2.75) is 0 Å². The Kier molecular flexibility index (Phi) is 4.29. The molecule has 114 valence electrons. The fourth-order valence-corrected chi connectivity index (χ4v) is 2.81. The van der Waals surface area contributed by atoms with Crippen molar-refractivity contribution in [3.63, 3.8) is 0 Å². The maximum Gasteiger partial charge on any atom is 0.254 e. The van der Waals surface area contributed by atoms with E-state index < -0.39 is 0 Å². The van der Waals surface area contributed by atoms with Gasteiger partial charge in [-0.25, -0.2) is 4.39 Å². The molecule has 0 bridgehead atoms. The Labute approximate surface area is 133 Å². The van der Waals surface area contributed by atoms with Gasteiger partial charge in [0.25, 0.3) is 5.91 Å². The number of hydrogen-bond donors (Lipinski definition) is 0. The summed E-state index contributed by atoms with van der Waals surface area (Å²) in [5, 5.41) is 0.566. The van der Waals surface area contributed by atoms with Gasteiger partial charge in [-0.15, -0.1) is 0 Å². The number of piperazine rings is 1. The molecule has 0 radical (unpaired) electrons. The summed E-state index contributed by atoms with van der Waals surface area (Å²) in [6, 6.07) is 13.5. The Balaban J connectivity index is 1.64. The highest BCUT2D eigenvalue weighted by molar-refractivity contribution is 6.30. The van der Waals surface area contributed by atoms with Crippen LogP contribution in [0.25, 0.3) is 0 Å². The van der Waals surface area contributed by atoms with Crippen molar-refractivity contribution in [1.29, 1.82) is 0 Å². The Hall–Kier alpha value is -2.07. The molecule has 2 aromatic rings. The van der Waals surface area contributed by atoms with E-state index in [0.29, 0.717) is 23.7 Å². The van der Waals surface area contributed by atoms with Crippen LogP contribution in [-0.2, 0) is 0 Å². The predicted octanol–water partition coefficient (Wildman–Crippen LogP) is 3.44. The molecular weight excluding hydrogens is 303 g/mol. The van der Waals surface area contributed by atoms with Crippen LogP contribution in [0.4, 0.5) is 10.1 Å². The first-order chi connectivity index (χ1) is 10.6. The number of halogens is 2. The van der Waals surface area contributed by atoms with Gasteiger partial charge in [0.1, 0.15) is 5.82 Å². The molecule has 2 aromatic carbocycles. The van der Waals surface area contributed by atoms with Gasteiger partial charge >= 0.3 is 0 Å². The van der Waals surface area contributed by atoms with Crippen LogP contribution < -0.4 is 4.90 Å². The van der Waals surface area contributed by atoms with E-state index in [4.69, 9.17) is 11.6 Å². The van der Waals surface area contributed by atoms with Gasteiger partial charge in [-0.05, 0) is 42.5 Å². The highest BCUT2D eigenvalue weighted by atomic mass is 35.5. The van der Waals surface area contributed by atoms with Crippen LogP contribution in [0.2, 0.25) is 5.02 Å². The lowest BCUT2D eigenvalue weighted by Gasteiger charge is -2.36. The number of anilines is 1. The fourth-order valence-electron chi connectivity index (χ4n) is 2.62. The monoisotopic (exact) mass is 318 g/mol. The largest absolute Gasteiger partial charge is 0.368 e. The first kappa shape index (κ1) is 14.9. The van der Waals surface area contributed by atoms with Crippen molar-refractivity contribution in [2.24, 2.45) is 0 Å². The van der Waals surface area contributed by atoms with Crippen LogP contribution in [0.15, 0.2) is 48.5 Å². The zero-order valence-corrected chi connectivity index (χ0v) is 12.8. The average Bonchev–Trinajstić information content (AvgIpc) is 2.55. The molecule has 0 unspecified atom stereocenters. The number of carbonyl (C=O) groups is 1. The Morgan fingerprint density at radius 1 is 1.00 bits per heavy atom. The Bertz CT molecular complexity index is 667. The zero-order chi connectivity index (χ0) is 15.5. The van der Waals surface area contributed by atoms with Crippen LogP contribution in [0.3, 0.4) is 0 Å². The Morgan fingerprint density at radius 2 is 1.68 bits per heavy atom. The zero-order valence-electron chi connectivity index (χ0n) is 12.0. The van der Waals surface area contributed by atoms with Crippen LogP contribution in [-0.4, -0.2) is 37.0 Å². The van der Waals surface area contributed by atoms with E-state index in [1.165, 1.54) is 12.1 Å². The third-order valence-electron chi connectivity index (χ3n) is 3.83. The predicted molar refractivity (Wildman–Crippen MR) is 86.0 cm³/mol. The van der Waals surface area contributed by atoms with Crippen LogP contribution in [0, 0.1) is 5.82 Å². The van der Waals surface area contributed by atoms with Gasteiger partial charge in [0.2, 0.25) is 0 Å². The van der Waals surface area contributed by atoms with Crippen molar-refractivity contribution in [3.8, 4) is 0 Å². The summed E-state index contributed by atoms with van der Waals surface area (Å²) in [7, 11) is 0. The molecule has 0 aliphatic carbocycles. The second kappa shape index (κ2) is 6.36.